The molecule has 0 heterocycles. The van der Waals surface area contributed by atoms with Crippen LogP contribution in [0.5, 0.6) is 5.75 Å². The van der Waals surface area contributed by atoms with Crippen molar-refractivity contribution in [2.24, 2.45) is 16.9 Å². The van der Waals surface area contributed by atoms with E-state index in [1.54, 1.807) is 18.3 Å². The summed E-state index contributed by atoms with van der Waals surface area (Å²) in [6, 6.07) is 14.0. The lowest BCUT2D eigenvalue weighted by Crippen LogP contribution is -2.48. The summed E-state index contributed by atoms with van der Waals surface area (Å²) in [7, 11) is 0. The third kappa shape index (κ3) is 7.35. The van der Waals surface area contributed by atoms with Gasteiger partial charge in [-0.25, -0.2) is 5.43 Å². The highest BCUT2D eigenvalue weighted by Gasteiger charge is 2.24. The molecule has 0 aliphatic heterocycles. The first-order valence-corrected chi connectivity index (χ1v) is 10.2. The summed E-state index contributed by atoms with van der Waals surface area (Å²) in [5.41, 5.74) is 4.93. The van der Waals surface area contributed by atoms with Gasteiger partial charge in [-0.3, -0.25) is 9.59 Å². The van der Waals surface area contributed by atoms with Crippen LogP contribution in [0, 0.1) is 18.8 Å². The summed E-state index contributed by atoms with van der Waals surface area (Å²) in [6.45, 7) is 10.6. The number of carbonyl (C=O) groups excluding carboxylic acids is 2. The summed E-state index contributed by atoms with van der Waals surface area (Å²) >= 11 is 0. The molecule has 0 fully saturated rings. The van der Waals surface area contributed by atoms with E-state index in [1.807, 2.05) is 57.2 Å². The zero-order valence-corrected chi connectivity index (χ0v) is 18.3. The molecule has 160 valence electrons. The minimum Gasteiger partial charge on any atom is -0.493 e. The van der Waals surface area contributed by atoms with Gasteiger partial charge in [0.15, 0.2) is 0 Å². The van der Waals surface area contributed by atoms with E-state index >= 15 is 0 Å². The SMILES string of the molecule is Cc1ccc(C(=O)NC(C(=O)N/N=C/c2ccc(OCC(C)C)cc2)C(C)C)cc1. The maximum atomic E-state index is 12.5. The Morgan fingerprint density at radius 1 is 1.00 bits per heavy atom. The fraction of sp³-hybridized carbons (Fsp3) is 0.375. The molecule has 0 aliphatic carbocycles. The normalized spacial score (nSPS) is 12.2. The quantitative estimate of drug-likeness (QED) is 0.486. The van der Waals surface area contributed by atoms with Crippen LogP contribution in [0.2, 0.25) is 0 Å². The second kappa shape index (κ2) is 11.1. The third-order valence-electron chi connectivity index (χ3n) is 4.40. The summed E-state index contributed by atoms with van der Waals surface area (Å²) < 4.78 is 5.65. The van der Waals surface area contributed by atoms with Gasteiger partial charge in [0.2, 0.25) is 0 Å². The van der Waals surface area contributed by atoms with Crippen molar-refractivity contribution in [2.45, 2.75) is 40.7 Å². The monoisotopic (exact) mass is 409 g/mol. The molecule has 0 spiro atoms. The van der Waals surface area contributed by atoms with Gasteiger partial charge >= 0.3 is 0 Å². The molecule has 1 unspecified atom stereocenters. The van der Waals surface area contributed by atoms with E-state index in [0.717, 1.165) is 16.9 Å². The molecule has 0 saturated heterocycles. The van der Waals surface area contributed by atoms with Crippen molar-refractivity contribution in [3.05, 3.63) is 65.2 Å². The molecular formula is C24H31N3O3. The molecule has 2 amide bonds. The molecule has 0 bridgehead atoms. The highest BCUT2D eigenvalue weighted by atomic mass is 16.5. The number of benzene rings is 2. The van der Waals surface area contributed by atoms with Gasteiger partial charge in [0.1, 0.15) is 11.8 Å². The van der Waals surface area contributed by atoms with Crippen LogP contribution >= 0.6 is 0 Å². The zero-order chi connectivity index (χ0) is 22.1. The largest absolute Gasteiger partial charge is 0.493 e. The minimum absolute atomic E-state index is 0.0908. The molecule has 0 radical (unpaired) electrons. The Kier molecular flexibility index (Phi) is 8.59. The van der Waals surface area contributed by atoms with Gasteiger partial charge in [0, 0.05) is 5.56 Å². The van der Waals surface area contributed by atoms with E-state index in [9.17, 15) is 9.59 Å². The molecule has 30 heavy (non-hydrogen) atoms. The Labute approximate surface area is 178 Å². The second-order valence-electron chi connectivity index (χ2n) is 8.07. The first kappa shape index (κ1) is 23.1. The van der Waals surface area contributed by atoms with E-state index in [0.29, 0.717) is 18.1 Å². The average Bonchev–Trinajstić information content (AvgIpc) is 2.71. The van der Waals surface area contributed by atoms with Crippen LogP contribution in [0.3, 0.4) is 0 Å². The Balaban J connectivity index is 1.93. The van der Waals surface area contributed by atoms with Gasteiger partial charge in [0.25, 0.3) is 11.8 Å². The van der Waals surface area contributed by atoms with Crippen LogP contribution in [0.15, 0.2) is 53.6 Å². The third-order valence-corrected chi connectivity index (χ3v) is 4.40. The molecular weight excluding hydrogens is 378 g/mol. The van der Waals surface area contributed by atoms with E-state index in [4.69, 9.17) is 4.74 Å². The van der Waals surface area contributed by atoms with Gasteiger partial charge in [-0.15, -0.1) is 0 Å². The maximum absolute atomic E-state index is 12.5. The summed E-state index contributed by atoms with van der Waals surface area (Å²) in [6.07, 6.45) is 1.56. The van der Waals surface area contributed by atoms with Crippen molar-refractivity contribution >= 4 is 18.0 Å². The van der Waals surface area contributed by atoms with Crippen LogP contribution < -0.4 is 15.5 Å². The summed E-state index contributed by atoms with van der Waals surface area (Å²) in [5.74, 6) is 0.515. The van der Waals surface area contributed by atoms with Crippen LogP contribution in [0.4, 0.5) is 0 Å². The van der Waals surface area contributed by atoms with E-state index in [2.05, 4.69) is 29.7 Å². The molecule has 0 aromatic heterocycles. The fourth-order valence-corrected chi connectivity index (χ4v) is 2.62. The van der Waals surface area contributed by atoms with Gasteiger partial charge in [0.05, 0.1) is 12.8 Å². The van der Waals surface area contributed by atoms with E-state index in [-0.39, 0.29) is 17.7 Å². The lowest BCUT2D eigenvalue weighted by atomic mass is 10.0. The van der Waals surface area contributed by atoms with Gasteiger partial charge in [-0.1, -0.05) is 45.4 Å². The van der Waals surface area contributed by atoms with Crippen LogP contribution in [0.1, 0.15) is 49.2 Å². The molecule has 0 aliphatic rings. The number of aryl methyl sites for hydroxylation is 1. The smallest absolute Gasteiger partial charge is 0.262 e. The molecule has 6 nitrogen and oxygen atoms in total. The molecule has 6 heteroatoms. The summed E-state index contributed by atoms with van der Waals surface area (Å²) in [4.78, 5) is 25.0. The zero-order valence-electron chi connectivity index (χ0n) is 18.3. The lowest BCUT2D eigenvalue weighted by molar-refractivity contribution is -0.123. The predicted octanol–water partition coefficient (Wildman–Crippen LogP) is 3.93. The Hall–Kier alpha value is -3.15. The number of hydrazone groups is 1. The van der Waals surface area contributed by atoms with E-state index in [1.165, 1.54) is 0 Å². The highest BCUT2D eigenvalue weighted by molar-refractivity contribution is 5.97. The molecule has 1 atom stereocenters. The van der Waals surface area contributed by atoms with Gasteiger partial charge in [-0.05, 0) is 60.7 Å². The van der Waals surface area contributed by atoms with Crippen LogP contribution in [0.25, 0.3) is 0 Å². The number of carbonyl (C=O) groups is 2. The van der Waals surface area contributed by atoms with Crippen molar-refractivity contribution in [2.75, 3.05) is 6.61 Å². The Morgan fingerprint density at radius 3 is 2.20 bits per heavy atom. The number of hydrogen-bond donors (Lipinski definition) is 2. The topological polar surface area (TPSA) is 79.8 Å². The van der Waals surface area contributed by atoms with Gasteiger partial charge in [-0.2, -0.15) is 5.10 Å². The van der Waals surface area contributed by atoms with Crippen molar-refractivity contribution in [3.8, 4) is 5.75 Å². The number of rotatable bonds is 9. The lowest BCUT2D eigenvalue weighted by Gasteiger charge is -2.20. The fourth-order valence-electron chi connectivity index (χ4n) is 2.62. The number of nitrogens with one attached hydrogen (secondary N) is 2. The van der Waals surface area contributed by atoms with Crippen molar-refractivity contribution in [1.29, 1.82) is 0 Å². The number of amides is 2. The predicted molar refractivity (Wildman–Crippen MR) is 120 cm³/mol. The molecule has 2 rings (SSSR count). The standard InChI is InChI=1S/C24H31N3O3/c1-16(2)15-30-21-12-8-19(9-13-21)14-25-27-24(29)22(17(3)4)26-23(28)20-10-6-18(5)7-11-20/h6-14,16-17,22H,15H2,1-5H3,(H,26,28)(H,27,29)/b25-14+. The van der Waals surface area contributed by atoms with Gasteiger partial charge < -0.3 is 10.1 Å². The average molecular weight is 410 g/mol. The first-order chi connectivity index (χ1) is 14.3. The maximum Gasteiger partial charge on any atom is 0.262 e. The van der Waals surface area contributed by atoms with Crippen LogP contribution in [-0.4, -0.2) is 30.7 Å². The number of ether oxygens (including phenoxy) is 1. The highest BCUT2D eigenvalue weighted by Crippen LogP contribution is 2.12. The van der Waals surface area contributed by atoms with E-state index < -0.39 is 6.04 Å². The number of nitrogens with zero attached hydrogens (tertiary/aromatic N) is 1. The molecule has 2 aromatic rings. The van der Waals surface area contributed by atoms with Crippen molar-refractivity contribution < 1.29 is 14.3 Å². The number of hydrogen-bond acceptors (Lipinski definition) is 4. The second-order valence-corrected chi connectivity index (χ2v) is 8.07. The summed E-state index contributed by atoms with van der Waals surface area (Å²) in [5, 5.41) is 6.81. The first-order valence-electron chi connectivity index (χ1n) is 10.2. The minimum atomic E-state index is -0.692. The Bertz CT molecular complexity index is 856. The molecule has 2 aromatic carbocycles. The van der Waals surface area contributed by atoms with Crippen molar-refractivity contribution in [1.82, 2.24) is 10.7 Å². The Morgan fingerprint density at radius 2 is 1.63 bits per heavy atom. The molecule has 0 saturated carbocycles. The van der Waals surface area contributed by atoms with Crippen molar-refractivity contribution in [3.63, 3.8) is 0 Å². The molecule has 2 N–H and O–H groups in total. The van der Waals surface area contributed by atoms with Crippen LogP contribution in [-0.2, 0) is 4.79 Å².